The van der Waals surface area contributed by atoms with Gasteiger partial charge in [-0.3, -0.25) is 4.79 Å². The SMILES string of the molecule is CC1(C(=O)c2ncc[nH]2)CC1. The van der Waals surface area contributed by atoms with Crippen LogP contribution in [0.3, 0.4) is 0 Å². The zero-order chi connectivity index (χ0) is 7.90. The van der Waals surface area contributed by atoms with Crippen molar-refractivity contribution in [2.45, 2.75) is 19.8 Å². The number of hydrogen-bond acceptors (Lipinski definition) is 2. The van der Waals surface area contributed by atoms with Crippen molar-refractivity contribution in [1.82, 2.24) is 9.97 Å². The van der Waals surface area contributed by atoms with Gasteiger partial charge in [0, 0.05) is 17.8 Å². The number of rotatable bonds is 2. The fraction of sp³-hybridized carbons (Fsp3) is 0.500. The van der Waals surface area contributed by atoms with E-state index in [-0.39, 0.29) is 11.2 Å². The van der Waals surface area contributed by atoms with Crippen LogP contribution in [0.5, 0.6) is 0 Å². The van der Waals surface area contributed by atoms with Crippen LogP contribution in [-0.4, -0.2) is 15.8 Å². The molecule has 1 aromatic rings. The summed E-state index contributed by atoms with van der Waals surface area (Å²) < 4.78 is 0. The zero-order valence-electron chi connectivity index (χ0n) is 6.42. The molecule has 0 amide bonds. The lowest BCUT2D eigenvalue weighted by atomic mass is 10.0. The Bertz CT molecular complexity index is 272. The molecule has 0 aromatic carbocycles. The Morgan fingerprint density at radius 2 is 2.45 bits per heavy atom. The number of carbonyl (C=O) groups is 1. The second-order valence-corrected chi connectivity index (χ2v) is 3.33. The van der Waals surface area contributed by atoms with Gasteiger partial charge in [-0.2, -0.15) is 0 Å². The van der Waals surface area contributed by atoms with Gasteiger partial charge in [-0.1, -0.05) is 6.92 Å². The molecule has 1 aliphatic carbocycles. The average molecular weight is 150 g/mol. The lowest BCUT2D eigenvalue weighted by Crippen LogP contribution is -2.13. The second kappa shape index (κ2) is 1.94. The number of nitrogens with one attached hydrogen (secondary N) is 1. The van der Waals surface area contributed by atoms with Crippen LogP contribution in [0.15, 0.2) is 12.4 Å². The van der Waals surface area contributed by atoms with Gasteiger partial charge < -0.3 is 4.98 Å². The van der Waals surface area contributed by atoms with Crippen LogP contribution in [0.4, 0.5) is 0 Å². The zero-order valence-corrected chi connectivity index (χ0v) is 6.42. The fourth-order valence-corrected chi connectivity index (χ4v) is 1.09. The molecule has 1 aromatic heterocycles. The maximum atomic E-state index is 11.5. The van der Waals surface area contributed by atoms with Crippen LogP contribution in [0, 0.1) is 5.41 Å². The molecule has 0 unspecified atom stereocenters. The number of carbonyl (C=O) groups excluding carboxylic acids is 1. The predicted octanol–water partition coefficient (Wildman–Crippen LogP) is 1.39. The lowest BCUT2D eigenvalue weighted by Gasteiger charge is -2.01. The average Bonchev–Trinajstić information content (AvgIpc) is 2.54. The maximum absolute atomic E-state index is 11.5. The Labute approximate surface area is 64.8 Å². The van der Waals surface area contributed by atoms with Crippen molar-refractivity contribution in [3.05, 3.63) is 18.2 Å². The van der Waals surface area contributed by atoms with E-state index in [4.69, 9.17) is 0 Å². The highest BCUT2D eigenvalue weighted by molar-refractivity contribution is 5.98. The first-order chi connectivity index (χ1) is 5.22. The molecule has 2 rings (SSSR count). The molecule has 0 atom stereocenters. The van der Waals surface area contributed by atoms with Gasteiger partial charge in [-0.05, 0) is 12.8 Å². The number of Topliss-reactive ketones (excluding diaryl/α,β-unsaturated/α-hetero) is 1. The quantitative estimate of drug-likeness (QED) is 0.647. The van der Waals surface area contributed by atoms with E-state index in [9.17, 15) is 4.79 Å². The lowest BCUT2D eigenvalue weighted by molar-refractivity contribution is 0.0903. The third kappa shape index (κ3) is 0.964. The van der Waals surface area contributed by atoms with E-state index >= 15 is 0 Å². The van der Waals surface area contributed by atoms with Crippen molar-refractivity contribution in [3.63, 3.8) is 0 Å². The Morgan fingerprint density at radius 1 is 1.73 bits per heavy atom. The maximum Gasteiger partial charge on any atom is 0.203 e. The molecule has 0 radical (unpaired) electrons. The molecule has 58 valence electrons. The highest BCUT2D eigenvalue weighted by Crippen LogP contribution is 2.46. The second-order valence-electron chi connectivity index (χ2n) is 3.33. The van der Waals surface area contributed by atoms with Gasteiger partial charge in [-0.15, -0.1) is 0 Å². The molecule has 1 N–H and O–H groups in total. The molecule has 0 aliphatic heterocycles. The Morgan fingerprint density at radius 3 is 2.91 bits per heavy atom. The number of H-pyrrole nitrogens is 1. The molecule has 3 nitrogen and oxygen atoms in total. The summed E-state index contributed by atoms with van der Waals surface area (Å²) >= 11 is 0. The van der Waals surface area contributed by atoms with E-state index in [1.807, 2.05) is 6.92 Å². The summed E-state index contributed by atoms with van der Waals surface area (Å²) in [7, 11) is 0. The number of hydrogen-bond donors (Lipinski definition) is 1. The van der Waals surface area contributed by atoms with Gasteiger partial charge in [0.2, 0.25) is 5.78 Å². The van der Waals surface area contributed by atoms with E-state index < -0.39 is 0 Å². The summed E-state index contributed by atoms with van der Waals surface area (Å²) in [4.78, 5) is 18.2. The van der Waals surface area contributed by atoms with Crippen molar-refractivity contribution in [2.24, 2.45) is 5.41 Å². The highest BCUT2D eigenvalue weighted by Gasteiger charge is 2.46. The molecule has 1 saturated carbocycles. The van der Waals surface area contributed by atoms with Crippen LogP contribution in [0.1, 0.15) is 30.4 Å². The van der Waals surface area contributed by atoms with Crippen LogP contribution < -0.4 is 0 Å². The molecular weight excluding hydrogens is 140 g/mol. The van der Waals surface area contributed by atoms with Crippen LogP contribution in [0.25, 0.3) is 0 Å². The smallest absolute Gasteiger partial charge is 0.203 e. The van der Waals surface area contributed by atoms with Crippen molar-refractivity contribution < 1.29 is 4.79 Å². The highest BCUT2D eigenvalue weighted by atomic mass is 16.1. The Balaban J connectivity index is 2.24. The van der Waals surface area contributed by atoms with E-state index in [0.717, 1.165) is 12.8 Å². The van der Waals surface area contributed by atoms with E-state index in [2.05, 4.69) is 9.97 Å². The topological polar surface area (TPSA) is 45.8 Å². The number of ketones is 1. The Hall–Kier alpha value is -1.12. The number of nitrogens with zero attached hydrogens (tertiary/aromatic N) is 1. The minimum Gasteiger partial charge on any atom is -0.342 e. The summed E-state index contributed by atoms with van der Waals surface area (Å²) in [5.41, 5.74) is -0.0994. The number of aromatic amines is 1. The summed E-state index contributed by atoms with van der Waals surface area (Å²) in [5.74, 6) is 0.660. The van der Waals surface area contributed by atoms with Gasteiger partial charge >= 0.3 is 0 Å². The first-order valence-electron chi connectivity index (χ1n) is 3.77. The van der Waals surface area contributed by atoms with Crippen molar-refractivity contribution >= 4 is 5.78 Å². The van der Waals surface area contributed by atoms with Gasteiger partial charge in [0.05, 0.1) is 0 Å². The first-order valence-corrected chi connectivity index (χ1v) is 3.77. The standard InChI is InChI=1S/C8H10N2O/c1-8(2-3-8)6(11)7-9-4-5-10-7/h4-5H,2-3H2,1H3,(H,9,10). The van der Waals surface area contributed by atoms with Gasteiger partial charge in [-0.25, -0.2) is 4.98 Å². The number of aromatic nitrogens is 2. The van der Waals surface area contributed by atoms with Crippen LogP contribution in [-0.2, 0) is 0 Å². The summed E-state index contributed by atoms with van der Waals surface area (Å²) in [5, 5.41) is 0. The van der Waals surface area contributed by atoms with Crippen molar-refractivity contribution in [3.8, 4) is 0 Å². The molecule has 1 heterocycles. The minimum atomic E-state index is -0.0994. The molecule has 0 saturated heterocycles. The van der Waals surface area contributed by atoms with Gasteiger partial charge in [0.25, 0.3) is 0 Å². The first kappa shape index (κ1) is 6.58. The minimum absolute atomic E-state index is 0.0994. The fourth-order valence-electron chi connectivity index (χ4n) is 1.09. The summed E-state index contributed by atoms with van der Waals surface area (Å²) in [6, 6.07) is 0. The van der Waals surface area contributed by atoms with Crippen LogP contribution in [0.2, 0.25) is 0 Å². The van der Waals surface area contributed by atoms with Gasteiger partial charge in [0.1, 0.15) is 0 Å². The predicted molar refractivity (Wildman–Crippen MR) is 40.3 cm³/mol. The summed E-state index contributed by atoms with van der Waals surface area (Å²) in [6.45, 7) is 1.98. The third-order valence-corrected chi connectivity index (χ3v) is 2.26. The van der Waals surface area contributed by atoms with Crippen molar-refractivity contribution in [1.29, 1.82) is 0 Å². The van der Waals surface area contributed by atoms with Crippen molar-refractivity contribution in [2.75, 3.05) is 0 Å². The van der Waals surface area contributed by atoms with E-state index in [0.29, 0.717) is 5.82 Å². The normalized spacial score (nSPS) is 19.7. The van der Waals surface area contributed by atoms with Crippen LogP contribution >= 0.6 is 0 Å². The largest absolute Gasteiger partial charge is 0.342 e. The molecular formula is C8H10N2O. The molecule has 0 spiro atoms. The molecule has 11 heavy (non-hydrogen) atoms. The van der Waals surface area contributed by atoms with E-state index in [1.165, 1.54) is 0 Å². The number of imidazole rings is 1. The molecule has 1 aliphatic rings. The molecule has 3 heteroatoms. The van der Waals surface area contributed by atoms with E-state index in [1.54, 1.807) is 12.4 Å². The monoisotopic (exact) mass is 150 g/mol. The third-order valence-electron chi connectivity index (χ3n) is 2.26. The summed E-state index contributed by atoms with van der Waals surface area (Å²) in [6.07, 6.45) is 5.30. The Kier molecular flexibility index (Phi) is 1.16. The molecule has 1 fully saturated rings. The van der Waals surface area contributed by atoms with Gasteiger partial charge in [0.15, 0.2) is 5.82 Å². The molecule has 0 bridgehead atoms.